The van der Waals surface area contributed by atoms with Crippen molar-refractivity contribution in [2.45, 2.75) is 32.2 Å². The van der Waals surface area contributed by atoms with Gasteiger partial charge in [-0.25, -0.2) is 14.8 Å². The van der Waals surface area contributed by atoms with Crippen molar-refractivity contribution >= 4 is 34.8 Å². The van der Waals surface area contributed by atoms with E-state index in [0.29, 0.717) is 35.1 Å². The van der Waals surface area contributed by atoms with Gasteiger partial charge in [-0.15, -0.1) is 6.58 Å². The molecule has 0 bridgehead atoms. The molecule has 1 aromatic carbocycles. The molecule has 0 spiro atoms. The molecule has 2 heterocycles. The molecule has 3 aromatic rings. The third kappa shape index (κ3) is 5.50. The van der Waals surface area contributed by atoms with Crippen LogP contribution in [0.2, 0.25) is 0 Å². The molecular formula is C21H23N7O3. The molecule has 10 nitrogen and oxygen atoms in total. The van der Waals surface area contributed by atoms with E-state index in [0.717, 1.165) is 11.3 Å². The number of aryl methyl sites for hydroxylation is 2. The number of carboxylic acid groups (broad SMARTS) is 1. The van der Waals surface area contributed by atoms with E-state index in [1.807, 2.05) is 12.1 Å². The van der Waals surface area contributed by atoms with Gasteiger partial charge in [0.15, 0.2) is 17.0 Å². The number of carbonyl (C=O) groups excluding carboxylic acids is 1. The zero-order valence-corrected chi connectivity index (χ0v) is 17.0. The van der Waals surface area contributed by atoms with Gasteiger partial charge < -0.3 is 21.9 Å². The number of nitrogens with one attached hydrogen (secondary N) is 1. The first kappa shape index (κ1) is 21.6. The van der Waals surface area contributed by atoms with Crippen molar-refractivity contribution in [1.29, 1.82) is 0 Å². The van der Waals surface area contributed by atoms with Crippen LogP contribution in [0.1, 0.15) is 35.0 Å². The quantitative estimate of drug-likeness (QED) is 0.394. The lowest BCUT2D eigenvalue weighted by molar-refractivity contribution is -0.139. The fourth-order valence-electron chi connectivity index (χ4n) is 2.99. The standard InChI is InChI=1S/C21H23N7O3/c1-11(2)9-15(20(30)31)26-19(29)13-6-3-12(4-7-13)5-8-14-10-24-18-16(25-14)17(22)27-21(23)28-18/h3-4,6-7,10,15H,1,5,8-9H2,2H3,(H,26,29)(H,30,31)(H4,22,23,24,27,28). The molecule has 0 saturated carbocycles. The molecule has 2 aromatic heterocycles. The third-order valence-electron chi connectivity index (χ3n) is 4.54. The minimum atomic E-state index is -1.10. The smallest absolute Gasteiger partial charge is 0.326 e. The second-order valence-electron chi connectivity index (χ2n) is 7.22. The summed E-state index contributed by atoms with van der Waals surface area (Å²) in [7, 11) is 0. The number of rotatable bonds is 8. The van der Waals surface area contributed by atoms with Crippen LogP contribution in [0.25, 0.3) is 11.2 Å². The number of hydrogen-bond donors (Lipinski definition) is 4. The number of benzene rings is 1. The normalized spacial score (nSPS) is 11.8. The van der Waals surface area contributed by atoms with Gasteiger partial charge in [0.2, 0.25) is 5.95 Å². The predicted molar refractivity (Wildman–Crippen MR) is 116 cm³/mol. The number of aromatic nitrogens is 4. The minimum absolute atomic E-state index is 0.0467. The zero-order valence-electron chi connectivity index (χ0n) is 17.0. The molecule has 0 saturated heterocycles. The molecular weight excluding hydrogens is 398 g/mol. The van der Waals surface area contributed by atoms with Gasteiger partial charge in [0.05, 0.1) is 11.9 Å². The highest BCUT2D eigenvalue weighted by Gasteiger charge is 2.20. The van der Waals surface area contributed by atoms with Crippen LogP contribution in [0.3, 0.4) is 0 Å². The Bertz CT molecular complexity index is 1150. The summed E-state index contributed by atoms with van der Waals surface area (Å²) in [5.41, 5.74) is 14.9. The highest BCUT2D eigenvalue weighted by Crippen LogP contribution is 2.16. The molecule has 0 radical (unpaired) electrons. The molecule has 160 valence electrons. The molecule has 6 N–H and O–H groups in total. The minimum Gasteiger partial charge on any atom is -0.480 e. The number of hydrogen-bond acceptors (Lipinski definition) is 8. The van der Waals surface area contributed by atoms with Crippen molar-refractivity contribution in [1.82, 2.24) is 25.3 Å². The highest BCUT2D eigenvalue weighted by molar-refractivity contribution is 5.96. The lowest BCUT2D eigenvalue weighted by Gasteiger charge is -2.14. The first-order chi connectivity index (χ1) is 14.7. The van der Waals surface area contributed by atoms with Crippen LogP contribution in [-0.2, 0) is 17.6 Å². The predicted octanol–water partition coefficient (Wildman–Crippen LogP) is 1.52. The van der Waals surface area contributed by atoms with E-state index in [2.05, 4.69) is 31.8 Å². The SMILES string of the molecule is C=C(C)CC(NC(=O)c1ccc(CCc2cnc3nc(N)nc(N)c3n2)cc1)C(=O)O. The van der Waals surface area contributed by atoms with Crippen molar-refractivity contribution < 1.29 is 14.7 Å². The molecule has 0 aliphatic carbocycles. The molecule has 0 aliphatic rings. The maximum Gasteiger partial charge on any atom is 0.326 e. The van der Waals surface area contributed by atoms with Gasteiger partial charge in [-0.05, 0) is 43.9 Å². The van der Waals surface area contributed by atoms with Crippen LogP contribution in [0.4, 0.5) is 11.8 Å². The molecule has 31 heavy (non-hydrogen) atoms. The van der Waals surface area contributed by atoms with E-state index in [1.165, 1.54) is 0 Å². The Labute approximate surface area is 178 Å². The van der Waals surface area contributed by atoms with E-state index in [4.69, 9.17) is 11.5 Å². The molecule has 1 amide bonds. The van der Waals surface area contributed by atoms with Gasteiger partial charge in [-0.3, -0.25) is 4.79 Å². The van der Waals surface area contributed by atoms with Gasteiger partial charge in [0.25, 0.3) is 5.91 Å². The van der Waals surface area contributed by atoms with E-state index in [1.54, 1.807) is 25.3 Å². The van der Waals surface area contributed by atoms with Gasteiger partial charge in [0, 0.05) is 5.56 Å². The van der Waals surface area contributed by atoms with Crippen LogP contribution in [0.5, 0.6) is 0 Å². The summed E-state index contributed by atoms with van der Waals surface area (Å²) in [5.74, 6) is -1.32. The summed E-state index contributed by atoms with van der Waals surface area (Å²) >= 11 is 0. The number of nitrogen functional groups attached to an aromatic ring is 2. The number of amides is 1. The molecule has 3 rings (SSSR count). The number of fused-ring (bicyclic) bond motifs is 1. The fourth-order valence-corrected chi connectivity index (χ4v) is 2.99. The zero-order chi connectivity index (χ0) is 22.5. The van der Waals surface area contributed by atoms with Crippen LogP contribution in [0, 0.1) is 0 Å². The Kier molecular flexibility index (Phi) is 6.39. The van der Waals surface area contributed by atoms with Gasteiger partial charge in [0.1, 0.15) is 6.04 Å². The first-order valence-electron chi connectivity index (χ1n) is 9.54. The van der Waals surface area contributed by atoms with E-state index in [9.17, 15) is 14.7 Å². The Morgan fingerprint density at radius 3 is 2.48 bits per heavy atom. The molecule has 1 unspecified atom stereocenters. The van der Waals surface area contributed by atoms with Gasteiger partial charge in [-0.2, -0.15) is 9.97 Å². The summed E-state index contributed by atoms with van der Waals surface area (Å²) < 4.78 is 0. The summed E-state index contributed by atoms with van der Waals surface area (Å²) in [5, 5.41) is 11.8. The average Bonchev–Trinajstić information content (AvgIpc) is 2.71. The van der Waals surface area contributed by atoms with Crippen molar-refractivity contribution in [2.75, 3.05) is 11.5 Å². The maximum absolute atomic E-state index is 12.4. The number of aliphatic carboxylic acids is 1. The molecule has 10 heteroatoms. The number of nitrogens with two attached hydrogens (primary N) is 2. The van der Waals surface area contributed by atoms with Gasteiger partial charge >= 0.3 is 5.97 Å². The lowest BCUT2D eigenvalue weighted by Crippen LogP contribution is -2.40. The van der Waals surface area contributed by atoms with Crippen LogP contribution in [0.15, 0.2) is 42.6 Å². The second kappa shape index (κ2) is 9.16. The third-order valence-corrected chi connectivity index (χ3v) is 4.54. The Hall–Kier alpha value is -4.08. The van der Waals surface area contributed by atoms with Crippen LogP contribution < -0.4 is 16.8 Å². The topological polar surface area (TPSA) is 170 Å². The molecule has 1 atom stereocenters. The van der Waals surface area contributed by atoms with Crippen molar-refractivity contribution in [3.8, 4) is 0 Å². The molecule has 0 aliphatic heterocycles. The Balaban J connectivity index is 1.64. The summed E-state index contributed by atoms with van der Waals surface area (Å²) in [6.45, 7) is 5.41. The largest absolute Gasteiger partial charge is 0.480 e. The number of nitrogens with zero attached hydrogens (tertiary/aromatic N) is 4. The van der Waals surface area contributed by atoms with Crippen LogP contribution >= 0.6 is 0 Å². The average molecular weight is 421 g/mol. The van der Waals surface area contributed by atoms with E-state index >= 15 is 0 Å². The summed E-state index contributed by atoms with van der Waals surface area (Å²) in [6, 6.07) is 5.94. The lowest BCUT2D eigenvalue weighted by atomic mass is 10.0. The first-order valence-corrected chi connectivity index (χ1v) is 9.54. The Morgan fingerprint density at radius 1 is 1.13 bits per heavy atom. The monoisotopic (exact) mass is 421 g/mol. The maximum atomic E-state index is 12.4. The van der Waals surface area contributed by atoms with Crippen molar-refractivity contribution in [3.05, 3.63) is 59.4 Å². The summed E-state index contributed by atoms with van der Waals surface area (Å²) in [4.78, 5) is 40.3. The number of carboxylic acids is 1. The van der Waals surface area contributed by atoms with Crippen LogP contribution in [-0.4, -0.2) is 43.0 Å². The number of anilines is 2. The van der Waals surface area contributed by atoms with Crippen molar-refractivity contribution in [3.63, 3.8) is 0 Å². The fraction of sp³-hybridized carbons (Fsp3) is 0.238. The van der Waals surface area contributed by atoms with E-state index < -0.39 is 17.9 Å². The Morgan fingerprint density at radius 2 is 1.84 bits per heavy atom. The van der Waals surface area contributed by atoms with Gasteiger partial charge in [-0.1, -0.05) is 17.7 Å². The second-order valence-corrected chi connectivity index (χ2v) is 7.22. The highest BCUT2D eigenvalue weighted by atomic mass is 16.4. The number of carbonyl (C=O) groups is 2. The molecule has 0 fully saturated rings. The summed E-state index contributed by atoms with van der Waals surface area (Å²) in [6.07, 6.45) is 3.04. The van der Waals surface area contributed by atoms with E-state index in [-0.39, 0.29) is 18.2 Å². The van der Waals surface area contributed by atoms with Crippen molar-refractivity contribution in [2.24, 2.45) is 0 Å².